The van der Waals surface area contributed by atoms with Gasteiger partial charge in [-0.2, -0.15) is 0 Å². The van der Waals surface area contributed by atoms with E-state index in [0.29, 0.717) is 0 Å². The van der Waals surface area contributed by atoms with Crippen LogP contribution >= 0.6 is 15.9 Å². The Labute approximate surface area is 60.4 Å². The maximum absolute atomic E-state index is 3.16. The van der Waals surface area contributed by atoms with E-state index >= 15 is 0 Å². The summed E-state index contributed by atoms with van der Waals surface area (Å²) >= 11 is 3.13. The minimum Gasteiger partial charge on any atom is -0.114 e. The fourth-order valence-corrected chi connectivity index (χ4v) is 1.07. The second-order valence-corrected chi connectivity index (χ2v) is 7.84. The van der Waals surface area contributed by atoms with Gasteiger partial charge in [-0.1, -0.05) is 35.6 Å². The van der Waals surface area contributed by atoms with Crippen LogP contribution < -0.4 is 0 Å². The molecule has 0 aromatic rings. The van der Waals surface area contributed by atoms with E-state index in [4.69, 9.17) is 0 Å². The molecule has 0 bridgehead atoms. The second kappa shape index (κ2) is 3.28. The van der Waals surface area contributed by atoms with Gasteiger partial charge in [0.05, 0.1) is 8.07 Å². The Morgan fingerprint density at radius 1 is 1.38 bits per heavy atom. The largest absolute Gasteiger partial charge is 0.114 e. The Morgan fingerprint density at radius 2 is 1.88 bits per heavy atom. The van der Waals surface area contributed by atoms with Gasteiger partial charge in [-0.25, -0.2) is 0 Å². The van der Waals surface area contributed by atoms with Crippen molar-refractivity contribution in [1.29, 1.82) is 0 Å². The first-order chi connectivity index (χ1) is 3.56. The summed E-state index contributed by atoms with van der Waals surface area (Å²) in [6.07, 6.45) is 0. The van der Waals surface area contributed by atoms with Gasteiger partial charge >= 0.3 is 0 Å². The van der Waals surface area contributed by atoms with E-state index < -0.39 is 8.07 Å². The number of halogens is 1. The van der Waals surface area contributed by atoms with Crippen molar-refractivity contribution in [2.24, 2.45) is 0 Å². The monoisotopic (exact) mass is 189 g/mol. The summed E-state index contributed by atoms with van der Waals surface area (Å²) in [5.74, 6) is 0. The van der Waals surface area contributed by atoms with Gasteiger partial charge in [-0.3, -0.25) is 0 Å². The van der Waals surface area contributed by atoms with Gasteiger partial charge < -0.3 is 0 Å². The third-order valence-electron chi connectivity index (χ3n) is 0.502. The lowest BCUT2D eigenvalue weighted by Crippen LogP contribution is -2.15. The van der Waals surface area contributed by atoms with Gasteiger partial charge in [-0.15, -0.1) is 5.73 Å². The zero-order valence-electron chi connectivity index (χ0n) is 5.46. The fourth-order valence-electron chi connectivity index (χ4n) is 0.244. The maximum atomic E-state index is 3.16. The molecule has 0 N–H and O–H groups in total. The van der Waals surface area contributed by atoms with Gasteiger partial charge in [0.1, 0.15) is 0 Å². The molecule has 0 unspecified atom stereocenters. The SMILES string of the molecule is C[Si](C)(C)[C]=C=CBr. The minimum absolute atomic E-state index is 1.10. The minimum atomic E-state index is -1.10. The molecule has 0 saturated heterocycles. The molecular weight excluding hydrogens is 180 g/mol. The van der Waals surface area contributed by atoms with Crippen molar-refractivity contribution in [3.63, 3.8) is 0 Å². The molecule has 1 radical (unpaired) electrons. The molecule has 0 atom stereocenters. The van der Waals surface area contributed by atoms with Crippen molar-refractivity contribution in [3.8, 4) is 0 Å². The highest BCUT2D eigenvalue weighted by molar-refractivity contribution is 9.11. The third kappa shape index (κ3) is 6.22. The number of hydrogen-bond donors (Lipinski definition) is 0. The van der Waals surface area contributed by atoms with Crippen molar-refractivity contribution in [2.75, 3.05) is 0 Å². The van der Waals surface area contributed by atoms with E-state index in [9.17, 15) is 0 Å². The molecule has 0 nitrogen and oxygen atoms in total. The van der Waals surface area contributed by atoms with E-state index in [2.05, 4.69) is 47.0 Å². The Balaban J connectivity index is 3.89. The van der Waals surface area contributed by atoms with Gasteiger partial charge in [0.15, 0.2) is 0 Å². The van der Waals surface area contributed by atoms with Crippen LogP contribution in [0.3, 0.4) is 0 Å². The molecular formula is C6H10BrSi. The highest BCUT2D eigenvalue weighted by atomic mass is 79.9. The van der Waals surface area contributed by atoms with Crippen molar-refractivity contribution in [3.05, 3.63) is 16.4 Å². The molecule has 0 saturated carbocycles. The van der Waals surface area contributed by atoms with Crippen LogP contribution in [0.2, 0.25) is 19.6 Å². The smallest absolute Gasteiger partial charge is 0.0882 e. The topological polar surface area (TPSA) is 0 Å². The molecule has 0 rings (SSSR count). The molecule has 8 heavy (non-hydrogen) atoms. The molecule has 0 amide bonds. The van der Waals surface area contributed by atoms with Gasteiger partial charge in [0.25, 0.3) is 0 Å². The molecule has 0 aliphatic carbocycles. The summed E-state index contributed by atoms with van der Waals surface area (Å²) in [6.45, 7) is 6.66. The molecule has 0 fully saturated rings. The summed E-state index contributed by atoms with van der Waals surface area (Å²) in [6, 6.07) is 0. The maximum Gasteiger partial charge on any atom is 0.0882 e. The Bertz CT molecular complexity index is 115. The van der Waals surface area contributed by atoms with Crippen LogP contribution in [0, 0.1) is 5.70 Å². The predicted octanol–water partition coefficient (Wildman–Crippen LogP) is 2.73. The summed E-state index contributed by atoms with van der Waals surface area (Å²) < 4.78 is 0. The summed E-state index contributed by atoms with van der Waals surface area (Å²) in [5.41, 5.74) is 6.05. The first-order valence-corrected chi connectivity index (χ1v) is 6.92. The van der Waals surface area contributed by atoms with E-state index in [0.717, 1.165) is 0 Å². The fraction of sp³-hybridized carbons (Fsp3) is 0.500. The lowest BCUT2D eigenvalue weighted by molar-refractivity contribution is 1.74. The molecule has 2 heteroatoms. The highest BCUT2D eigenvalue weighted by Crippen LogP contribution is 1.98. The molecule has 0 spiro atoms. The number of hydrogen-bond acceptors (Lipinski definition) is 0. The van der Waals surface area contributed by atoms with E-state index in [1.165, 1.54) is 0 Å². The summed E-state index contributed by atoms with van der Waals surface area (Å²) in [4.78, 5) is 1.71. The second-order valence-electron chi connectivity index (χ2n) is 2.63. The van der Waals surface area contributed by atoms with E-state index in [1.807, 2.05) is 0 Å². The molecule has 0 aromatic carbocycles. The van der Waals surface area contributed by atoms with E-state index in [-0.39, 0.29) is 0 Å². The van der Waals surface area contributed by atoms with Crippen molar-refractivity contribution >= 4 is 24.0 Å². The van der Waals surface area contributed by atoms with Crippen LogP contribution in [-0.4, -0.2) is 8.07 Å². The normalized spacial score (nSPS) is 10.0. The Morgan fingerprint density at radius 3 is 2.00 bits per heavy atom. The predicted molar refractivity (Wildman–Crippen MR) is 43.6 cm³/mol. The zero-order valence-corrected chi connectivity index (χ0v) is 8.04. The summed E-state index contributed by atoms with van der Waals surface area (Å²) in [5, 5.41) is 0. The summed E-state index contributed by atoms with van der Waals surface area (Å²) in [7, 11) is -1.10. The van der Waals surface area contributed by atoms with Gasteiger partial charge in [0.2, 0.25) is 0 Å². The van der Waals surface area contributed by atoms with Gasteiger partial charge in [-0.05, 0) is 5.70 Å². The van der Waals surface area contributed by atoms with Crippen molar-refractivity contribution in [2.45, 2.75) is 19.6 Å². The van der Waals surface area contributed by atoms with Crippen molar-refractivity contribution < 1.29 is 0 Å². The van der Waals surface area contributed by atoms with Crippen LogP contribution in [0.25, 0.3) is 0 Å². The van der Waals surface area contributed by atoms with Crippen molar-refractivity contribution in [1.82, 2.24) is 0 Å². The van der Waals surface area contributed by atoms with Crippen LogP contribution in [0.15, 0.2) is 10.7 Å². The van der Waals surface area contributed by atoms with E-state index in [1.54, 1.807) is 4.99 Å². The Kier molecular flexibility index (Phi) is 3.37. The molecule has 0 aliphatic rings. The molecule has 0 heterocycles. The molecule has 0 aliphatic heterocycles. The molecule has 45 valence electrons. The molecule has 0 aromatic heterocycles. The highest BCUT2D eigenvalue weighted by Gasteiger charge is 2.06. The van der Waals surface area contributed by atoms with Crippen LogP contribution in [0.1, 0.15) is 0 Å². The van der Waals surface area contributed by atoms with Crippen LogP contribution in [0.4, 0.5) is 0 Å². The van der Waals surface area contributed by atoms with Crippen LogP contribution in [-0.2, 0) is 0 Å². The third-order valence-corrected chi connectivity index (χ3v) is 1.62. The lowest BCUT2D eigenvalue weighted by atomic mass is 11.0. The average Bonchev–Trinajstić information content (AvgIpc) is 1.59. The van der Waals surface area contributed by atoms with Gasteiger partial charge in [0, 0.05) is 4.99 Å². The number of rotatable bonds is 1. The standard InChI is InChI=1S/C6H10BrSi/c1-8(2,3)6-4-5-7/h5H,1-3H3. The quantitative estimate of drug-likeness (QED) is 0.440. The Hall–Kier alpha value is 0.217. The first kappa shape index (κ1) is 8.22. The zero-order chi connectivity index (χ0) is 6.62. The average molecular weight is 190 g/mol. The first-order valence-electron chi connectivity index (χ1n) is 2.51. The van der Waals surface area contributed by atoms with Crippen LogP contribution in [0.5, 0.6) is 0 Å². The lowest BCUT2D eigenvalue weighted by Gasteiger charge is -2.03.